The summed E-state index contributed by atoms with van der Waals surface area (Å²) in [6, 6.07) is 7.17. The highest BCUT2D eigenvalue weighted by Gasteiger charge is 2.32. The van der Waals surface area contributed by atoms with Crippen molar-refractivity contribution in [3.63, 3.8) is 0 Å². The lowest BCUT2D eigenvalue weighted by atomic mass is 10.0. The quantitative estimate of drug-likeness (QED) is 0.176. The number of piperidine rings is 1. The van der Waals surface area contributed by atoms with Crippen LogP contribution in [-0.4, -0.2) is 78.4 Å². The smallest absolute Gasteiger partial charge is 0.410 e. The van der Waals surface area contributed by atoms with Crippen molar-refractivity contribution < 1.29 is 32.9 Å². The number of carbonyl (C=O) groups is 1. The molecule has 43 heavy (non-hydrogen) atoms. The number of nitriles is 1. The predicted molar refractivity (Wildman–Crippen MR) is 162 cm³/mol. The molecule has 1 fully saturated rings. The van der Waals surface area contributed by atoms with Gasteiger partial charge in [0.2, 0.25) is 11.2 Å². The number of aliphatic hydroxyl groups is 1. The summed E-state index contributed by atoms with van der Waals surface area (Å²) < 4.78 is 38.1. The van der Waals surface area contributed by atoms with E-state index in [1.165, 1.54) is 11.0 Å². The molecule has 0 saturated carbocycles. The number of pyridine rings is 1. The van der Waals surface area contributed by atoms with E-state index in [9.17, 15) is 15.2 Å². The third kappa shape index (κ3) is 8.65. The molecule has 0 bridgehead atoms. The first-order chi connectivity index (χ1) is 20.1. The average Bonchev–Trinajstić information content (AvgIpc) is 3.29. The minimum Gasteiger partial charge on any atom is -0.467 e. The highest BCUT2D eigenvalue weighted by atomic mass is 28.3. The van der Waals surface area contributed by atoms with Crippen LogP contribution in [0.2, 0.25) is 25.7 Å². The van der Waals surface area contributed by atoms with Crippen LogP contribution in [0.15, 0.2) is 22.6 Å². The lowest BCUT2D eigenvalue weighted by molar-refractivity contribution is 0.00166. The standard InChI is InChI=1S/C30H40FN5O6Si/c1-18-10-19(14-32)11-24(40-17-39-8-9-43(5,6)7)25(18)23-13-22(31)26-27(34-23)35-28(41-26)33-20-12-21(37)16-36(15-20)29(38)42-30(2,3)4/h10-11,13,20-21,37H,8-9,12,15-17H2,1-7H3,(H,33,34,35)/t20-,21+/m1/s1. The minimum absolute atomic E-state index is 0.00520. The summed E-state index contributed by atoms with van der Waals surface area (Å²) >= 11 is 0. The number of amides is 1. The van der Waals surface area contributed by atoms with Crippen LogP contribution in [0.1, 0.15) is 38.3 Å². The highest BCUT2D eigenvalue weighted by molar-refractivity contribution is 6.76. The number of hydrogen-bond acceptors (Lipinski definition) is 10. The molecule has 1 aliphatic rings. The molecule has 2 aromatic heterocycles. The molecule has 1 amide bonds. The Morgan fingerprint density at radius 1 is 1.26 bits per heavy atom. The molecule has 11 nitrogen and oxygen atoms in total. The fourth-order valence-corrected chi connectivity index (χ4v) is 5.45. The Bertz CT molecular complexity index is 1510. The molecule has 232 valence electrons. The van der Waals surface area contributed by atoms with Gasteiger partial charge in [-0.2, -0.15) is 10.2 Å². The molecule has 3 aromatic rings. The molecule has 0 radical (unpaired) electrons. The lowest BCUT2D eigenvalue weighted by Crippen LogP contribution is -2.52. The van der Waals surface area contributed by atoms with Crippen LogP contribution in [0.5, 0.6) is 5.75 Å². The maximum absolute atomic E-state index is 15.4. The average molecular weight is 614 g/mol. The number of nitrogens with zero attached hydrogens (tertiary/aromatic N) is 4. The van der Waals surface area contributed by atoms with Crippen molar-refractivity contribution >= 4 is 31.4 Å². The molecule has 0 aliphatic carbocycles. The van der Waals surface area contributed by atoms with Gasteiger partial charge in [0, 0.05) is 32.9 Å². The number of nitrogens with one attached hydrogen (secondary N) is 1. The lowest BCUT2D eigenvalue weighted by Gasteiger charge is -2.36. The van der Waals surface area contributed by atoms with Gasteiger partial charge in [0.05, 0.1) is 36.0 Å². The number of halogens is 1. The van der Waals surface area contributed by atoms with Gasteiger partial charge in [0.1, 0.15) is 11.4 Å². The van der Waals surface area contributed by atoms with E-state index in [0.717, 1.165) is 6.04 Å². The van der Waals surface area contributed by atoms with Gasteiger partial charge < -0.3 is 34.0 Å². The summed E-state index contributed by atoms with van der Waals surface area (Å²) in [4.78, 5) is 22.9. The van der Waals surface area contributed by atoms with Gasteiger partial charge in [-0.25, -0.2) is 14.2 Å². The Morgan fingerprint density at radius 3 is 2.67 bits per heavy atom. The zero-order valence-corrected chi connectivity index (χ0v) is 26.8. The second-order valence-electron chi connectivity index (χ2n) is 13.0. The molecule has 1 aromatic carbocycles. The molecule has 3 heterocycles. The fourth-order valence-electron chi connectivity index (χ4n) is 4.70. The Kier molecular flexibility index (Phi) is 9.63. The molecule has 1 saturated heterocycles. The molecular formula is C30H40FN5O6Si. The van der Waals surface area contributed by atoms with Crippen LogP contribution in [0.4, 0.5) is 15.2 Å². The van der Waals surface area contributed by atoms with Gasteiger partial charge >= 0.3 is 6.09 Å². The monoisotopic (exact) mass is 613 g/mol. The molecule has 0 unspecified atom stereocenters. The number of benzene rings is 1. The van der Waals surface area contributed by atoms with E-state index in [2.05, 4.69) is 41.0 Å². The van der Waals surface area contributed by atoms with Gasteiger partial charge in [-0.15, -0.1) is 0 Å². The molecule has 4 rings (SSSR count). The van der Waals surface area contributed by atoms with Crippen molar-refractivity contribution in [3.8, 4) is 23.1 Å². The zero-order valence-electron chi connectivity index (χ0n) is 25.8. The van der Waals surface area contributed by atoms with Crippen LogP contribution in [0.25, 0.3) is 22.5 Å². The molecule has 2 atom stereocenters. The predicted octanol–water partition coefficient (Wildman–Crippen LogP) is 5.68. The first-order valence-electron chi connectivity index (χ1n) is 14.3. The summed E-state index contributed by atoms with van der Waals surface area (Å²) in [5.41, 5.74) is 1.03. The second-order valence-corrected chi connectivity index (χ2v) is 18.7. The number of fused-ring (bicyclic) bond motifs is 1. The third-order valence-corrected chi connectivity index (χ3v) is 8.41. The largest absolute Gasteiger partial charge is 0.467 e. The molecular weight excluding hydrogens is 573 g/mol. The van der Waals surface area contributed by atoms with E-state index in [-0.39, 0.29) is 42.8 Å². The molecule has 2 N–H and O–H groups in total. The van der Waals surface area contributed by atoms with Gasteiger partial charge in [-0.05, 0) is 57.9 Å². The molecule has 0 spiro atoms. The Hall–Kier alpha value is -3.73. The Balaban J connectivity index is 1.56. The Labute approximate surface area is 252 Å². The maximum atomic E-state index is 15.4. The number of aromatic nitrogens is 2. The van der Waals surface area contributed by atoms with Crippen molar-refractivity contribution in [1.29, 1.82) is 5.26 Å². The van der Waals surface area contributed by atoms with E-state index in [1.54, 1.807) is 39.8 Å². The number of aryl methyl sites for hydroxylation is 1. The number of aliphatic hydroxyl groups excluding tert-OH is 1. The number of likely N-dealkylation sites (tertiary alicyclic amines) is 1. The van der Waals surface area contributed by atoms with E-state index in [4.69, 9.17) is 18.6 Å². The molecule has 13 heteroatoms. The fraction of sp³-hybridized carbons (Fsp3) is 0.533. The van der Waals surface area contributed by atoms with Crippen LogP contribution in [-0.2, 0) is 9.47 Å². The van der Waals surface area contributed by atoms with Gasteiger partial charge in [0.25, 0.3) is 6.01 Å². The van der Waals surface area contributed by atoms with Crippen LogP contribution < -0.4 is 10.1 Å². The van der Waals surface area contributed by atoms with Crippen molar-refractivity contribution in [2.24, 2.45) is 0 Å². The first kappa shape index (κ1) is 32.2. The number of β-amino-alcohol motifs (C(OH)–C–C–N with tert-alkyl or cyclic N) is 1. The summed E-state index contributed by atoms with van der Waals surface area (Å²) in [6.45, 7) is 14.8. The van der Waals surface area contributed by atoms with Gasteiger partial charge in [0.15, 0.2) is 12.6 Å². The summed E-state index contributed by atoms with van der Waals surface area (Å²) in [5, 5.41) is 22.9. The first-order valence-corrected chi connectivity index (χ1v) is 18.0. The number of oxazole rings is 1. The SMILES string of the molecule is Cc1cc(C#N)cc(OCOCC[Si](C)(C)C)c1-c1cc(F)c2oc(N[C@@H]3C[C@H](O)CN(C(=O)OC(C)(C)C)C3)nc2n1. The van der Waals surface area contributed by atoms with Crippen LogP contribution >= 0.6 is 0 Å². The number of ether oxygens (including phenoxy) is 3. The normalized spacial score (nSPS) is 17.5. The highest BCUT2D eigenvalue weighted by Crippen LogP contribution is 2.36. The van der Waals surface area contributed by atoms with Crippen molar-refractivity contribution in [3.05, 3.63) is 35.1 Å². The molecule has 1 aliphatic heterocycles. The van der Waals surface area contributed by atoms with Gasteiger partial charge in [-0.1, -0.05) is 19.6 Å². The van der Waals surface area contributed by atoms with E-state index in [1.807, 2.05) is 0 Å². The van der Waals surface area contributed by atoms with Crippen LogP contribution in [0, 0.1) is 24.1 Å². The van der Waals surface area contributed by atoms with Crippen molar-refractivity contribution in [2.45, 2.75) is 77.5 Å². The minimum atomic E-state index is -1.27. The van der Waals surface area contributed by atoms with Crippen molar-refractivity contribution in [1.82, 2.24) is 14.9 Å². The summed E-state index contributed by atoms with van der Waals surface area (Å²) in [7, 11) is -1.27. The van der Waals surface area contributed by atoms with Crippen LogP contribution in [0.3, 0.4) is 0 Å². The second kappa shape index (κ2) is 12.9. The van der Waals surface area contributed by atoms with Crippen molar-refractivity contribution in [2.75, 3.05) is 31.8 Å². The maximum Gasteiger partial charge on any atom is 0.410 e. The van der Waals surface area contributed by atoms with E-state index in [0.29, 0.717) is 35.5 Å². The Morgan fingerprint density at radius 2 is 2.00 bits per heavy atom. The number of hydrogen-bond donors (Lipinski definition) is 2. The van der Waals surface area contributed by atoms with Gasteiger partial charge in [-0.3, -0.25) is 0 Å². The van der Waals surface area contributed by atoms with E-state index < -0.39 is 37.7 Å². The third-order valence-electron chi connectivity index (χ3n) is 6.70. The number of carbonyl (C=O) groups excluding carboxylic acids is 1. The van der Waals surface area contributed by atoms with E-state index >= 15 is 4.39 Å². The summed E-state index contributed by atoms with van der Waals surface area (Å²) in [5.74, 6) is -0.336. The number of rotatable bonds is 9. The zero-order chi connectivity index (χ0) is 31.5. The topological polar surface area (TPSA) is 143 Å². The summed E-state index contributed by atoms with van der Waals surface area (Å²) in [6.07, 6.45) is -1.00. The number of anilines is 1.